The van der Waals surface area contributed by atoms with Crippen molar-refractivity contribution in [2.45, 2.75) is 72.0 Å². The number of hydrogen-bond donors (Lipinski definition) is 0. The smallest absolute Gasteiger partial charge is 0.399 e. The number of hydrogen-bond acceptors (Lipinski definition) is 3. The van der Waals surface area contributed by atoms with E-state index in [1.54, 1.807) is 6.07 Å². The quantitative estimate of drug-likeness (QED) is 0.580. The second kappa shape index (κ2) is 7.69. The Morgan fingerprint density at radius 1 is 1.07 bits per heavy atom. The average molecular weight is 388 g/mol. The molecule has 0 bridgehead atoms. The molecule has 27 heavy (non-hydrogen) atoms. The molecule has 1 aromatic carbocycles. The van der Waals surface area contributed by atoms with Gasteiger partial charge in [0, 0.05) is 15.2 Å². The van der Waals surface area contributed by atoms with Crippen molar-refractivity contribution in [2.75, 3.05) is 0 Å². The van der Waals surface area contributed by atoms with E-state index in [0.29, 0.717) is 11.5 Å². The van der Waals surface area contributed by atoms with Crippen LogP contribution in [0.15, 0.2) is 30.3 Å². The van der Waals surface area contributed by atoms with Gasteiger partial charge in [-0.2, -0.15) is 0 Å². The van der Waals surface area contributed by atoms with Crippen LogP contribution in [-0.2, 0) is 15.7 Å². The highest BCUT2D eigenvalue weighted by atomic mass is 32.1. The van der Waals surface area contributed by atoms with Crippen molar-refractivity contribution in [1.82, 2.24) is 0 Å². The number of thiophene rings is 1. The van der Waals surface area contributed by atoms with E-state index in [4.69, 9.17) is 9.31 Å². The van der Waals surface area contributed by atoms with Crippen molar-refractivity contribution < 1.29 is 13.7 Å². The first-order chi connectivity index (χ1) is 12.6. The van der Waals surface area contributed by atoms with Crippen molar-refractivity contribution in [1.29, 1.82) is 0 Å². The fourth-order valence-electron chi connectivity index (χ4n) is 3.11. The van der Waals surface area contributed by atoms with E-state index < -0.39 is 7.12 Å². The predicted octanol–water partition coefficient (Wildman–Crippen LogP) is 5.83. The zero-order chi connectivity index (χ0) is 19.8. The minimum atomic E-state index is -0.397. The maximum absolute atomic E-state index is 14.7. The Hall–Kier alpha value is -1.17. The summed E-state index contributed by atoms with van der Waals surface area (Å²) in [5.41, 5.74) is 0.976. The average Bonchev–Trinajstić information content (AvgIpc) is 3.15. The van der Waals surface area contributed by atoms with E-state index in [-0.39, 0.29) is 17.0 Å². The first-order valence-corrected chi connectivity index (χ1v) is 10.7. The van der Waals surface area contributed by atoms with Gasteiger partial charge in [0.15, 0.2) is 0 Å². The maximum atomic E-state index is 14.7. The molecule has 0 N–H and O–H groups in total. The summed E-state index contributed by atoms with van der Waals surface area (Å²) in [5, 5.41) is 0. The molecule has 0 aliphatic carbocycles. The Morgan fingerprint density at radius 3 is 2.33 bits per heavy atom. The van der Waals surface area contributed by atoms with Crippen molar-refractivity contribution in [2.24, 2.45) is 5.92 Å². The van der Waals surface area contributed by atoms with Gasteiger partial charge in [0.1, 0.15) is 5.82 Å². The molecule has 0 spiro atoms. The molecular weight excluding hydrogens is 358 g/mol. The van der Waals surface area contributed by atoms with Crippen LogP contribution in [0.1, 0.15) is 59.9 Å². The van der Waals surface area contributed by atoms with Crippen LogP contribution in [0.4, 0.5) is 4.39 Å². The fourth-order valence-corrected chi connectivity index (χ4v) is 4.11. The van der Waals surface area contributed by atoms with Gasteiger partial charge in [0.2, 0.25) is 0 Å². The molecule has 0 saturated carbocycles. The zero-order valence-electron chi connectivity index (χ0n) is 17.3. The normalized spacial score (nSPS) is 19.4. The topological polar surface area (TPSA) is 18.5 Å². The minimum Gasteiger partial charge on any atom is -0.399 e. The number of benzene rings is 1. The lowest BCUT2D eigenvalue weighted by Crippen LogP contribution is -2.41. The van der Waals surface area contributed by atoms with Gasteiger partial charge in [0.25, 0.3) is 0 Å². The number of aryl methyl sites for hydroxylation is 1. The second-order valence-electron chi connectivity index (χ2n) is 8.66. The number of halogens is 1. The van der Waals surface area contributed by atoms with Crippen LogP contribution in [0.3, 0.4) is 0 Å². The summed E-state index contributed by atoms with van der Waals surface area (Å²) >= 11 is 1.54. The zero-order valence-corrected chi connectivity index (χ0v) is 18.1. The van der Waals surface area contributed by atoms with E-state index in [1.165, 1.54) is 11.3 Å². The SMILES string of the molecule is CCC(C)CCc1ccc(-c2ccc(B3OC(C)(C)C(C)(C)O3)s2)c(F)c1. The molecule has 1 aliphatic heterocycles. The van der Waals surface area contributed by atoms with Crippen molar-refractivity contribution in [3.63, 3.8) is 0 Å². The lowest BCUT2D eigenvalue weighted by molar-refractivity contribution is 0.00578. The summed E-state index contributed by atoms with van der Waals surface area (Å²) in [5.74, 6) is 0.520. The predicted molar refractivity (Wildman–Crippen MR) is 113 cm³/mol. The summed E-state index contributed by atoms with van der Waals surface area (Å²) in [7, 11) is -0.397. The first kappa shape index (κ1) is 20.6. The minimum absolute atomic E-state index is 0.154. The Kier molecular flexibility index (Phi) is 5.86. The van der Waals surface area contributed by atoms with Gasteiger partial charge in [-0.1, -0.05) is 38.5 Å². The van der Waals surface area contributed by atoms with Gasteiger partial charge in [0.05, 0.1) is 11.2 Å². The van der Waals surface area contributed by atoms with Gasteiger partial charge in [-0.15, -0.1) is 11.3 Å². The molecule has 0 amide bonds. The van der Waals surface area contributed by atoms with Crippen LogP contribution >= 0.6 is 11.3 Å². The summed E-state index contributed by atoms with van der Waals surface area (Å²) in [6, 6.07) is 9.59. The molecule has 2 heterocycles. The molecule has 1 aliphatic rings. The third kappa shape index (κ3) is 4.31. The van der Waals surface area contributed by atoms with E-state index in [2.05, 4.69) is 19.9 Å². The Bertz CT molecular complexity index is 783. The highest BCUT2D eigenvalue weighted by Crippen LogP contribution is 2.37. The molecule has 1 atom stereocenters. The van der Waals surface area contributed by atoms with Crippen LogP contribution in [-0.4, -0.2) is 18.3 Å². The van der Waals surface area contributed by atoms with Gasteiger partial charge in [-0.3, -0.25) is 0 Å². The molecule has 1 saturated heterocycles. The molecule has 2 aromatic rings. The molecule has 146 valence electrons. The maximum Gasteiger partial charge on any atom is 0.505 e. The van der Waals surface area contributed by atoms with Crippen LogP contribution < -0.4 is 4.78 Å². The monoisotopic (exact) mass is 388 g/mol. The van der Waals surface area contributed by atoms with Crippen molar-refractivity contribution >= 4 is 23.2 Å². The van der Waals surface area contributed by atoms with Gasteiger partial charge < -0.3 is 9.31 Å². The third-order valence-electron chi connectivity index (χ3n) is 6.03. The Balaban J connectivity index is 1.75. The van der Waals surface area contributed by atoms with E-state index in [1.807, 2.05) is 45.9 Å². The second-order valence-corrected chi connectivity index (χ2v) is 9.77. The highest BCUT2D eigenvalue weighted by molar-refractivity contribution is 7.25. The Labute approximate surface area is 167 Å². The lowest BCUT2D eigenvalue weighted by Gasteiger charge is -2.32. The van der Waals surface area contributed by atoms with Crippen molar-refractivity contribution in [3.05, 3.63) is 41.7 Å². The molecular formula is C22H30BFO2S. The van der Waals surface area contributed by atoms with Crippen LogP contribution in [0.5, 0.6) is 0 Å². The molecule has 2 nitrogen and oxygen atoms in total. The third-order valence-corrected chi connectivity index (χ3v) is 7.17. The van der Waals surface area contributed by atoms with Crippen LogP contribution in [0.25, 0.3) is 10.4 Å². The molecule has 3 rings (SSSR count). The van der Waals surface area contributed by atoms with Crippen molar-refractivity contribution in [3.8, 4) is 10.4 Å². The molecule has 1 aromatic heterocycles. The van der Waals surface area contributed by atoms with Gasteiger partial charge in [-0.25, -0.2) is 4.39 Å². The van der Waals surface area contributed by atoms with Gasteiger partial charge in [-0.05, 0) is 64.2 Å². The molecule has 5 heteroatoms. The van der Waals surface area contributed by atoms with E-state index in [0.717, 1.165) is 34.5 Å². The van der Waals surface area contributed by atoms with Crippen LogP contribution in [0.2, 0.25) is 0 Å². The summed E-state index contributed by atoms with van der Waals surface area (Å²) in [6.45, 7) is 12.6. The highest BCUT2D eigenvalue weighted by Gasteiger charge is 2.52. The molecule has 1 fully saturated rings. The summed E-state index contributed by atoms with van der Waals surface area (Å²) in [6.07, 6.45) is 3.19. The molecule has 1 unspecified atom stereocenters. The fraction of sp³-hybridized carbons (Fsp3) is 0.545. The van der Waals surface area contributed by atoms with E-state index in [9.17, 15) is 4.39 Å². The lowest BCUT2D eigenvalue weighted by atomic mass is 9.88. The van der Waals surface area contributed by atoms with Crippen LogP contribution in [0, 0.1) is 11.7 Å². The summed E-state index contributed by atoms with van der Waals surface area (Å²) in [4.78, 5) is 0.908. The van der Waals surface area contributed by atoms with E-state index >= 15 is 0 Å². The molecule has 0 radical (unpaired) electrons. The largest absolute Gasteiger partial charge is 0.505 e. The first-order valence-electron chi connectivity index (χ1n) is 9.87. The van der Waals surface area contributed by atoms with Gasteiger partial charge >= 0.3 is 7.12 Å². The standard InChI is InChI=1S/C22H30BFO2S/c1-7-15(2)8-9-16-10-11-17(18(24)14-16)19-12-13-20(27-19)23-25-21(3,4)22(5,6)26-23/h10-15H,7-9H2,1-6H3. The summed E-state index contributed by atoms with van der Waals surface area (Å²) < 4.78 is 27.9. The Morgan fingerprint density at radius 2 is 1.74 bits per heavy atom. The number of rotatable bonds is 6.